The van der Waals surface area contributed by atoms with Crippen LogP contribution >= 0.6 is 35.6 Å². The molecule has 0 aromatic heterocycles. The van der Waals surface area contributed by atoms with Crippen molar-refractivity contribution in [1.29, 1.82) is 0 Å². The first-order valence-electron chi connectivity index (χ1n) is 7.54. The van der Waals surface area contributed by atoms with Crippen LogP contribution in [0.1, 0.15) is 31.7 Å². The molecule has 4 nitrogen and oxygen atoms in total. The summed E-state index contributed by atoms with van der Waals surface area (Å²) >= 11 is 6.41. The van der Waals surface area contributed by atoms with Crippen LogP contribution in [0.15, 0.2) is 29.3 Å². The van der Waals surface area contributed by atoms with Gasteiger partial charge < -0.3 is 15.8 Å². The van der Waals surface area contributed by atoms with E-state index in [4.69, 9.17) is 22.1 Å². The van der Waals surface area contributed by atoms with Crippen molar-refractivity contribution in [2.45, 2.75) is 31.6 Å². The van der Waals surface area contributed by atoms with Crippen LogP contribution in [0.25, 0.3) is 0 Å². The third-order valence-electron chi connectivity index (χ3n) is 4.00. The fraction of sp³-hybridized carbons (Fsp3) is 0.562. The Hall–Kier alpha value is -0.530. The maximum Gasteiger partial charge on any atom is 0.188 e. The molecule has 0 spiro atoms. The molecule has 1 saturated heterocycles. The van der Waals surface area contributed by atoms with Crippen LogP contribution in [0.5, 0.6) is 0 Å². The molecule has 1 heterocycles. The Bertz CT molecular complexity index is 490. The zero-order chi connectivity index (χ0) is 15.1. The monoisotopic (exact) mass is 437 g/mol. The van der Waals surface area contributed by atoms with Gasteiger partial charge in [-0.3, -0.25) is 4.99 Å². The fourth-order valence-corrected chi connectivity index (χ4v) is 3.05. The molecule has 0 saturated carbocycles. The molecule has 6 heteroatoms. The lowest BCUT2D eigenvalue weighted by atomic mass is 9.74. The minimum Gasteiger partial charge on any atom is -0.381 e. The number of nitrogens with zero attached hydrogens (tertiary/aromatic N) is 1. The van der Waals surface area contributed by atoms with Crippen LogP contribution in [0.2, 0.25) is 5.02 Å². The van der Waals surface area contributed by atoms with Gasteiger partial charge in [-0.05, 0) is 30.9 Å². The van der Waals surface area contributed by atoms with Crippen molar-refractivity contribution in [2.24, 2.45) is 10.7 Å². The zero-order valence-electron chi connectivity index (χ0n) is 13.0. The minimum atomic E-state index is -0.0743. The number of benzene rings is 1. The van der Waals surface area contributed by atoms with Crippen molar-refractivity contribution in [1.82, 2.24) is 5.32 Å². The number of ether oxygens (including phenoxy) is 1. The number of hydrogen-bond acceptors (Lipinski definition) is 2. The molecule has 1 aromatic rings. The summed E-state index contributed by atoms with van der Waals surface area (Å²) in [5, 5.41) is 3.92. The van der Waals surface area contributed by atoms with E-state index in [-0.39, 0.29) is 29.4 Å². The smallest absolute Gasteiger partial charge is 0.188 e. The van der Waals surface area contributed by atoms with Gasteiger partial charge in [-0.15, -0.1) is 24.0 Å². The molecule has 1 aromatic carbocycles. The molecular weight excluding hydrogens is 413 g/mol. The van der Waals surface area contributed by atoms with E-state index in [2.05, 4.69) is 23.3 Å². The van der Waals surface area contributed by atoms with Gasteiger partial charge in [0.05, 0.1) is 6.54 Å². The highest BCUT2D eigenvalue weighted by molar-refractivity contribution is 14.0. The lowest BCUT2D eigenvalue weighted by Crippen LogP contribution is -2.39. The Kier molecular flexibility index (Phi) is 8.49. The zero-order valence-corrected chi connectivity index (χ0v) is 16.1. The summed E-state index contributed by atoms with van der Waals surface area (Å²) < 4.78 is 5.52. The van der Waals surface area contributed by atoms with E-state index < -0.39 is 0 Å². The Morgan fingerprint density at radius 2 is 2.05 bits per heavy atom. The number of rotatable bonds is 5. The second-order valence-electron chi connectivity index (χ2n) is 5.50. The van der Waals surface area contributed by atoms with Gasteiger partial charge in [-0.1, -0.05) is 36.7 Å². The van der Waals surface area contributed by atoms with Gasteiger partial charge in [-0.2, -0.15) is 0 Å². The lowest BCUT2D eigenvalue weighted by Gasteiger charge is -2.37. The van der Waals surface area contributed by atoms with Gasteiger partial charge >= 0.3 is 0 Å². The Morgan fingerprint density at radius 1 is 1.36 bits per heavy atom. The fourth-order valence-electron chi connectivity index (χ4n) is 2.71. The van der Waals surface area contributed by atoms with Crippen LogP contribution in [-0.4, -0.2) is 32.3 Å². The third-order valence-corrected chi connectivity index (χ3v) is 4.33. The normalized spacial score (nSPS) is 17.6. The second kappa shape index (κ2) is 9.57. The van der Waals surface area contributed by atoms with E-state index in [1.54, 1.807) is 0 Å². The highest BCUT2D eigenvalue weighted by atomic mass is 127. The number of nitrogens with one attached hydrogen (secondary N) is 1. The standard InChI is InChI=1S/C16H24ClN3O.HI/c1-2-9-19-15(18)20-12-16(7-10-21-11-8-16)13-5-3-4-6-14(13)17;/h3-6H,2,7-12H2,1H3,(H3,18,19,20);1H. The summed E-state index contributed by atoms with van der Waals surface area (Å²) in [6, 6.07) is 8.02. The Labute approximate surface area is 154 Å². The van der Waals surface area contributed by atoms with Crippen LogP contribution in [0.3, 0.4) is 0 Å². The summed E-state index contributed by atoms with van der Waals surface area (Å²) in [4.78, 5) is 4.54. The van der Waals surface area contributed by atoms with Gasteiger partial charge in [0, 0.05) is 30.2 Å². The van der Waals surface area contributed by atoms with Crippen molar-refractivity contribution in [2.75, 3.05) is 26.3 Å². The average Bonchev–Trinajstić information content (AvgIpc) is 2.52. The first-order chi connectivity index (χ1) is 10.2. The molecule has 1 aliphatic rings. The van der Waals surface area contributed by atoms with Gasteiger partial charge in [-0.25, -0.2) is 0 Å². The number of aliphatic imine (C=N–C) groups is 1. The molecule has 1 fully saturated rings. The van der Waals surface area contributed by atoms with E-state index in [0.717, 1.165) is 49.6 Å². The van der Waals surface area contributed by atoms with Crippen LogP contribution < -0.4 is 11.1 Å². The van der Waals surface area contributed by atoms with E-state index in [0.29, 0.717) is 12.5 Å². The molecule has 3 N–H and O–H groups in total. The van der Waals surface area contributed by atoms with Crippen molar-refractivity contribution in [3.05, 3.63) is 34.9 Å². The first-order valence-corrected chi connectivity index (χ1v) is 7.92. The predicted octanol–water partition coefficient (Wildman–Crippen LogP) is 3.32. The largest absolute Gasteiger partial charge is 0.381 e. The third kappa shape index (κ3) is 4.99. The molecule has 0 unspecified atom stereocenters. The summed E-state index contributed by atoms with van der Waals surface area (Å²) in [6.45, 7) is 5.07. The molecule has 1 aliphatic heterocycles. The van der Waals surface area contributed by atoms with Crippen LogP contribution in [0.4, 0.5) is 0 Å². The highest BCUT2D eigenvalue weighted by Crippen LogP contribution is 2.38. The molecule has 0 bridgehead atoms. The molecule has 2 rings (SSSR count). The van der Waals surface area contributed by atoms with Crippen molar-refractivity contribution < 1.29 is 4.74 Å². The van der Waals surface area contributed by atoms with E-state index in [1.807, 2.05) is 18.2 Å². The predicted molar refractivity (Wildman–Crippen MR) is 103 cm³/mol. The molecule has 22 heavy (non-hydrogen) atoms. The van der Waals surface area contributed by atoms with Crippen molar-refractivity contribution >= 4 is 41.5 Å². The van der Waals surface area contributed by atoms with Crippen LogP contribution in [-0.2, 0) is 10.2 Å². The first kappa shape index (κ1) is 19.5. The maximum atomic E-state index is 6.41. The molecule has 124 valence electrons. The molecule has 0 radical (unpaired) electrons. The number of nitrogens with two attached hydrogens (primary N) is 1. The van der Waals surface area contributed by atoms with Crippen molar-refractivity contribution in [3.63, 3.8) is 0 Å². The Morgan fingerprint density at radius 3 is 2.68 bits per heavy atom. The van der Waals surface area contributed by atoms with Gasteiger partial charge in [0.25, 0.3) is 0 Å². The summed E-state index contributed by atoms with van der Waals surface area (Å²) in [5.74, 6) is 0.509. The summed E-state index contributed by atoms with van der Waals surface area (Å²) in [7, 11) is 0. The molecule has 0 aliphatic carbocycles. The van der Waals surface area contributed by atoms with E-state index >= 15 is 0 Å². The number of hydrogen-bond donors (Lipinski definition) is 2. The van der Waals surface area contributed by atoms with E-state index in [1.165, 1.54) is 0 Å². The quantitative estimate of drug-likeness (QED) is 0.422. The Balaban J connectivity index is 0.00000242. The SMILES string of the molecule is CCCNC(N)=NCC1(c2ccccc2Cl)CCOCC1.I. The van der Waals surface area contributed by atoms with Crippen molar-refractivity contribution in [3.8, 4) is 0 Å². The van der Waals surface area contributed by atoms with Gasteiger partial charge in [0.1, 0.15) is 0 Å². The maximum absolute atomic E-state index is 6.41. The molecular formula is C16H25ClIN3O. The second-order valence-corrected chi connectivity index (χ2v) is 5.91. The summed E-state index contributed by atoms with van der Waals surface area (Å²) in [6.07, 6.45) is 2.86. The summed E-state index contributed by atoms with van der Waals surface area (Å²) in [5.41, 5.74) is 7.01. The molecule has 0 atom stereocenters. The minimum absolute atomic E-state index is 0. The average molecular weight is 438 g/mol. The van der Waals surface area contributed by atoms with Gasteiger partial charge in [0.15, 0.2) is 5.96 Å². The van der Waals surface area contributed by atoms with Crippen LogP contribution in [0, 0.1) is 0 Å². The number of halogens is 2. The topological polar surface area (TPSA) is 59.6 Å². The lowest BCUT2D eigenvalue weighted by molar-refractivity contribution is 0.0531. The van der Waals surface area contributed by atoms with Gasteiger partial charge in [0.2, 0.25) is 0 Å². The van der Waals surface area contributed by atoms with E-state index in [9.17, 15) is 0 Å². The molecule has 0 amide bonds. The highest BCUT2D eigenvalue weighted by Gasteiger charge is 2.35. The number of guanidine groups is 1.